The second-order valence-electron chi connectivity index (χ2n) is 6.36. The van der Waals surface area contributed by atoms with Gasteiger partial charge in [0.15, 0.2) is 0 Å². The first-order valence-corrected chi connectivity index (χ1v) is 9.07. The molecule has 1 heterocycles. The van der Waals surface area contributed by atoms with Crippen LogP contribution in [0.5, 0.6) is 0 Å². The molecule has 0 spiro atoms. The van der Waals surface area contributed by atoms with Crippen LogP contribution in [0.25, 0.3) is 0 Å². The van der Waals surface area contributed by atoms with Gasteiger partial charge in [-0.2, -0.15) is 0 Å². The lowest BCUT2D eigenvalue weighted by Gasteiger charge is -2.41. The monoisotopic (exact) mass is 398 g/mol. The van der Waals surface area contributed by atoms with E-state index in [2.05, 4.69) is 32.8 Å². The minimum Gasteiger partial charge on any atom is -0.324 e. The van der Waals surface area contributed by atoms with Crippen LogP contribution in [0.4, 0.5) is 5.69 Å². The third kappa shape index (κ3) is 3.97. The molecule has 0 aromatic heterocycles. The number of amides is 1. The summed E-state index contributed by atoms with van der Waals surface area (Å²) in [6, 6.07) is 7.94. The quantitative estimate of drug-likeness (QED) is 0.787. The van der Waals surface area contributed by atoms with Gasteiger partial charge in [0.2, 0.25) is 5.91 Å². The van der Waals surface area contributed by atoms with Gasteiger partial charge in [-0.1, -0.05) is 31.4 Å². The molecule has 1 saturated carbocycles. The van der Waals surface area contributed by atoms with Gasteiger partial charge in [-0.05, 0) is 65.9 Å². The number of hydrogen-bond acceptors (Lipinski definition) is 2. The normalized spacial score (nSPS) is 26.1. The van der Waals surface area contributed by atoms with Gasteiger partial charge in [-0.3, -0.25) is 9.69 Å². The Labute approximate surface area is 140 Å². The van der Waals surface area contributed by atoms with E-state index in [0.717, 1.165) is 34.2 Å². The fourth-order valence-corrected chi connectivity index (χ4v) is 4.30. The highest BCUT2D eigenvalue weighted by molar-refractivity contribution is 14.1. The van der Waals surface area contributed by atoms with Crippen molar-refractivity contribution in [1.82, 2.24) is 4.90 Å². The first-order valence-electron chi connectivity index (χ1n) is 7.99. The van der Waals surface area contributed by atoms with E-state index >= 15 is 0 Å². The van der Waals surface area contributed by atoms with E-state index in [9.17, 15) is 4.79 Å². The zero-order chi connectivity index (χ0) is 14.7. The minimum atomic E-state index is 0.119. The molecule has 1 N–H and O–H groups in total. The van der Waals surface area contributed by atoms with Gasteiger partial charge in [0, 0.05) is 10.1 Å². The highest BCUT2D eigenvalue weighted by Crippen LogP contribution is 2.35. The molecule has 21 heavy (non-hydrogen) atoms. The third-order valence-corrected chi connectivity index (χ3v) is 5.83. The van der Waals surface area contributed by atoms with Crippen molar-refractivity contribution in [1.29, 1.82) is 0 Å². The van der Waals surface area contributed by atoms with Gasteiger partial charge in [0.25, 0.3) is 0 Å². The molecule has 1 aromatic carbocycles. The van der Waals surface area contributed by atoms with Gasteiger partial charge in [0.05, 0.1) is 12.2 Å². The molecule has 0 unspecified atom stereocenters. The number of benzene rings is 1. The molecule has 2 atom stereocenters. The fourth-order valence-electron chi connectivity index (χ4n) is 3.78. The Morgan fingerprint density at radius 2 is 1.95 bits per heavy atom. The van der Waals surface area contributed by atoms with E-state index < -0.39 is 0 Å². The van der Waals surface area contributed by atoms with Crippen molar-refractivity contribution in [3.05, 3.63) is 27.8 Å². The van der Waals surface area contributed by atoms with E-state index in [1.807, 2.05) is 24.3 Å². The molecule has 2 fully saturated rings. The van der Waals surface area contributed by atoms with Gasteiger partial charge >= 0.3 is 0 Å². The third-order valence-electron chi connectivity index (χ3n) is 4.89. The van der Waals surface area contributed by atoms with E-state index in [1.165, 1.54) is 32.1 Å². The Morgan fingerprint density at radius 1 is 1.19 bits per heavy atom. The number of para-hydroxylation sites is 1. The van der Waals surface area contributed by atoms with Crippen molar-refractivity contribution in [2.24, 2.45) is 11.8 Å². The van der Waals surface area contributed by atoms with Gasteiger partial charge < -0.3 is 5.32 Å². The van der Waals surface area contributed by atoms with Crippen LogP contribution in [0, 0.1) is 15.4 Å². The molecule has 0 radical (unpaired) electrons. The van der Waals surface area contributed by atoms with Crippen LogP contribution >= 0.6 is 22.6 Å². The number of hydrogen-bond donors (Lipinski definition) is 1. The second kappa shape index (κ2) is 7.09. The average Bonchev–Trinajstić information content (AvgIpc) is 2.49. The van der Waals surface area contributed by atoms with Crippen LogP contribution in [0.15, 0.2) is 24.3 Å². The maximum Gasteiger partial charge on any atom is 0.238 e. The number of halogens is 1. The maximum absolute atomic E-state index is 12.2. The molecule has 1 aliphatic heterocycles. The maximum atomic E-state index is 12.2. The van der Waals surface area contributed by atoms with Crippen LogP contribution in [-0.2, 0) is 4.79 Å². The Balaban J connectivity index is 1.52. The van der Waals surface area contributed by atoms with Crippen molar-refractivity contribution in [3.8, 4) is 0 Å². The summed E-state index contributed by atoms with van der Waals surface area (Å²) in [5, 5.41) is 3.04. The summed E-state index contributed by atoms with van der Waals surface area (Å²) in [5.41, 5.74) is 0.927. The van der Waals surface area contributed by atoms with E-state index in [4.69, 9.17) is 0 Å². The number of piperidine rings is 1. The Morgan fingerprint density at radius 3 is 2.76 bits per heavy atom. The Kier molecular flexibility index (Phi) is 5.16. The number of nitrogens with one attached hydrogen (secondary N) is 1. The molecule has 114 valence electrons. The fraction of sp³-hybridized carbons (Fsp3) is 0.588. The minimum absolute atomic E-state index is 0.119. The predicted molar refractivity (Wildman–Crippen MR) is 94.3 cm³/mol. The summed E-state index contributed by atoms with van der Waals surface area (Å²) in [4.78, 5) is 14.6. The molecule has 3 nitrogen and oxygen atoms in total. The summed E-state index contributed by atoms with van der Waals surface area (Å²) in [6.45, 7) is 2.73. The SMILES string of the molecule is O=C(CN1CC[C@@H]2CCCC[C@@H]2C1)Nc1ccccc1I. The van der Waals surface area contributed by atoms with Gasteiger partial charge in [-0.25, -0.2) is 0 Å². The van der Waals surface area contributed by atoms with Crippen molar-refractivity contribution in [2.45, 2.75) is 32.1 Å². The lowest BCUT2D eigenvalue weighted by molar-refractivity contribution is -0.118. The highest BCUT2D eigenvalue weighted by Gasteiger charge is 2.31. The highest BCUT2D eigenvalue weighted by atomic mass is 127. The van der Waals surface area contributed by atoms with Crippen LogP contribution in [-0.4, -0.2) is 30.4 Å². The molecule has 3 rings (SSSR count). The first-order chi connectivity index (χ1) is 10.2. The summed E-state index contributed by atoms with van der Waals surface area (Å²) < 4.78 is 1.09. The zero-order valence-corrected chi connectivity index (χ0v) is 14.5. The van der Waals surface area contributed by atoms with Crippen LogP contribution in [0.2, 0.25) is 0 Å². The van der Waals surface area contributed by atoms with Crippen LogP contribution in [0.1, 0.15) is 32.1 Å². The van der Waals surface area contributed by atoms with Gasteiger partial charge in [0.1, 0.15) is 0 Å². The Bertz CT molecular complexity index is 505. The first kappa shape index (κ1) is 15.3. The van der Waals surface area contributed by atoms with E-state index in [-0.39, 0.29) is 5.91 Å². The second-order valence-corrected chi connectivity index (χ2v) is 7.52. The summed E-state index contributed by atoms with van der Waals surface area (Å²) in [5.74, 6) is 1.87. The van der Waals surface area contributed by atoms with Gasteiger partial charge in [-0.15, -0.1) is 0 Å². The van der Waals surface area contributed by atoms with Crippen molar-refractivity contribution >= 4 is 34.2 Å². The molecule has 1 aliphatic carbocycles. The predicted octanol–water partition coefficient (Wildman–Crippen LogP) is 3.74. The molecule has 2 aliphatic rings. The summed E-state index contributed by atoms with van der Waals surface area (Å²) in [7, 11) is 0. The number of likely N-dealkylation sites (tertiary alicyclic amines) is 1. The number of nitrogens with zero attached hydrogens (tertiary/aromatic N) is 1. The molecule has 1 aromatic rings. The zero-order valence-electron chi connectivity index (χ0n) is 12.4. The number of anilines is 1. The number of carbonyl (C=O) groups is 1. The van der Waals surface area contributed by atoms with Crippen molar-refractivity contribution < 1.29 is 4.79 Å². The Hall–Kier alpha value is -0.620. The molecule has 1 amide bonds. The van der Waals surface area contributed by atoms with Crippen LogP contribution in [0.3, 0.4) is 0 Å². The molecular weight excluding hydrogens is 375 g/mol. The number of fused-ring (bicyclic) bond motifs is 1. The molecule has 4 heteroatoms. The topological polar surface area (TPSA) is 32.3 Å². The van der Waals surface area contributed by atoms with E-state index in [0.29, 0.717) is 6.54 Å². The number of rotatable bonds is 3. The lowest BCUT2D eigenvalue weighted by atomic mass is 9.75. The summed E-state index contributed by atoms with van der Waals surface area (Å²) in [6.07, 6.45) is 6.84. The number of carbonyl (C=O) groups excluding carboxylic acids is 1. The average molecular weight is 398 g/mol. The standard InChI is InChI=1S/C17H23IN2O/c18-15-7-3-4-8-16(15)19-17(21)12-20-10-9-13-5-1-2-6-14(13)11-20/h3-4,7-8,13-14H,1-2,5-6,9-12H2,(H,19,21)/t13-,14+/m0/s1. The lowest BCUT2D eigenvalue weighted by Crippen LogP contribution is -2.44. The molecule has 0 bridgehead atoms. The smallest absolute Gasteiger partial charge is 0.238 e. The van der Waals surface area contributed by atoms with Crippen molar-refractivity contribution in [3.63, 3.8) is 0 Å². The van der Waals surface area contributed by atoms with E-state index in [1.54, 1.807) is 0 Å². The van der Waals surface area contributed by atoms with Crippen LogP contribution < -0.4 is 5.32 Å². The van der Waals surface area contributed by atoms with Crippen molar-refractivity contribution in [2.75, 3.05) is 25.0 Å². The molecule has 1 saturated heterocycles. The molecular formula is C17H23IN2O. The largest absolute Gasteiger partial charge is 0.324 e. The summed E-state index contributed by atoms with van der Waals surface area (Å²) >= 11 is 2.26.